The zero-order valence-corrected chi connectivity index (χ0v) is 16.1. The maximum Gasteiger partial charge on any atom is 0.243 e. The van der Waals surface area contributed by atoms with Crippen molar-refractivity contribution in [2.45, 2.75) is 31.1 Å². The molecule has 1 amide bonds. The number of rotatable bonds is 5. The lowest BCUT2D eigenvalue weighted by molar-refractivity contribution is -0.116. The van der Waals surface area contributed by atoms with Crippen LogP contribution in [0.3, 0.4) is 0 Å². The van der Waals surface area contributed by atoms with E-state index in [1.807, 2.05) is 20.8 Å². The molecule has 0 aromatic heterocycles. The maximum absolute atomic E-state index is 13.1. The van der Waals surface area contributed by atoms with Crippen LogP contribution in [0.1, 0.15) is 26.3 Å². The number of sulfonamides is 1. The molecule has 26 heavy (non-hydrogen) atoms. The van der Waals surface area contributed by atoms with Crippen LogP contribution in [0.5, 0.6) is 0 Å². The van der Waals surface area contributed by atoms with Gasteiger partial charge in [0.1, 0.15) is 5.82 Å². The van der Waals surface area contributed by atoms with Crippen LogP contribution in [-0.4, -0.2) is 32.2 Å². The summed E-state index contributed by atoms with van der Waals surface area (Å²) in [6.07, 6.45) is 0. The minimum atomic E-state index is -3.80. The zero-order valence-electron chi connectivity index (χ0n) is 15.3. The third kappa shape index (κ3) is 4.89. The third-order valence-corrected chi connectivity index (χ3v) is 5.72. The lowest BCUT2D eigenvalue weighted by Crippen LogP contribution is -2.35. The Morgan fingerprint density at radius 2 is 1.73 bits per heavy atom. The number of nitrogens with one attached hydrogen (secondary N) is 1. The molecule has 2 aromatic carbocycles. The Hall–Kier alpha value is -2.25. The van der Waals surface area contributed by atoms with Crippen molar-refractivity contribution >= 4 is 21.6 Å². The predicted molar refractivity (Wildman–Crippen MR) is 100.0 cm³/mol. The van der Waals surface area contributed by atoms with Gasteiger partial charge in [-0.15, -0.1) is 0 Å². The van der Waals surface area contributed by atoms with E-state index < -0.39 is 21.7 Å². The lowest BCUT2D eigenvalue weighted by Gasteiger charge is -2.20. The zero-order chi connectivity index (χ0) is 19.5. The van der Waals surface area contributed by atoms with Gasteiger partial charge >= 0.3 is 0 Å². The van der Waals surface area contributed by atoms with Crippen molar-refractivity contribution in [3.05, 3.63) is 59.9 Å². The van der Waals surface area contributed by atoms with Crippen molar-refractivity contribution < 1.29 is 17.6 Å². The predicted octanol–water partition coefficient (Wildman–Crippen LogP) is 3.38. The maximum atomic E-state index is 13.1. The summed E-state index contributed by atoms with van der Waals surface area (Å²) in [6.45, 7) is 5.75. The third-order valence-electron chi connectivity index (χ3n) is 3.90. The number of carbonyl (C=O) groups excluding carboxylic acids is 1. The van der Waals surface area contributed by atoms with Gasteiger partial charge in [-0.25, -0.2) is 12.8 Å². The lowest BCUT2D eigenvalue weighted by atomic mass is 9.87. The van der Waals surface area contributed by atoms with Crippen LogP contribution < -0.4 is 5.32 Å². The highest BCUT2D eigenvalue weighted by Gasteiger charge is 2.24. The molecule has 0 aliphatic carbocycles. The van der Waals surface area contributed by atoms with Crippen molar-refractivity contribution in [2.75, 3.05) is 18.9 Å². The molecule has 0 fully saturated rings. The van der Waals surface area contributed by atoms with Crippen LogP contribution in [0.25, 0.3) is 0 Å². The molecule has 0 saturated heterocycles. The summed E-state index contributed by atoms with van der Waals surface area (Å²) in [6, 6.07) is 12.0. The van der Waals surface area contributed by atoms with Crippen molar-refractivity contribution in [1.82, 2.24) is 4.31 Å². The van der Waals surface area contributed by atoms with E-state index in [4.69, 9.17) is 0 Å². The molecule has 1 N–H and O–H groups in total. The molecule has 2 aromatic rings. The first-order chi connectivity index (χ1) is 12.0. The fourth-order valence-corrected chi connectivity index (χ4v) is 3.49. The molecule has 0 spiro atoms. The standard InChI is InChI=1S/C19H23FN2O3S/c1-19(2,3)14-8-10-17(11-9-14)26(24,25)22(4)13-18(23)21-16-7-5-6-15(20)12-16/h5-12H,13H2,1-4H3,(H,21,23). The van der Waals surface area contributed by atoms with Gasteiger partial charge in [0.05, 0.1) is 11.4 Å². The topological polar surface area (TPSA) is 66.5 Å². The van der Waals surface area contributed by atoms with Crippen molar-refractivity contribution in [3.63, 3.8) is 0 Å². The van der Waals surface area contributed by atoms with E-state index in [1.165, 1.54) is 37.4 Å². The van der Waals surface area contributed by atoms with Crippen LogP contribution in [0.4, 0.5) is 10.1 Å². The van der Waals surface area contributed by atoms with Gasteiger partial charge in [0, 0.05) is 12.7 Å². The van der Waals surface area contributed by atoms with Crippen LogP contribution in [0.15, 0.2) is 53.4 Å². The summed E-state index contributed by atoms with van der Waals surface area (Å²) < 4.78 is 39.4. The molecule has 0 saturated carbocycles. The van der Waals surface area contributed by atoms with Crippen molar-refractivity contribution in [3.8, 4) is 0 Å². The Bertz CT molecular complexity index is 888. The molecule has 0 unspecified atom stereocenters. The summed E-state index contributed by atoms with van der Waals surface area (Å²) in [5, 5.41) is 2.48. The number of anilines is 1. The highest BCUT2D eigenvalue weighted by atomic mass is 32.2. The first-order valence-corrected chi connectivity index (χ1v) is 9.56. The van der Waals surface area contributed by atoms with E-state index in [0.29, 0.717) is 0 Å². The molecular weight excluding hydrogens is 355 g/mol. The van der Waals surface area contributed by atoms with E-state index in [2.05, 4.69) is 5.32 Å². The minimum absolute atomic E-state index is 0.0843. The number of hydrogen-bond donors (Lipinski definition) is 1. The van der Waals surface area contributed by atoms with Gasteiger partial charge < -0.3 is 5.32 Å². The Morgan fingerprint density at radius 3 is 2.27 bits per heavy atom. The molecule has 5 nitrogen and oxygen atoms in total. The van der Waals surface area contributed by atoms with Gasteiger partial charge in [-0.3, -0.25) is 4.79 Å². The molecule has 0 aliphatic rings. The van der Waals surface area contributed by atoms with Gasteiger partial charge in [0.15, 0.2) is 0 Å². The fraction of sp³-hybridized carbons (Fsp3) is 0.316. The Balaban J connectivity index is 2.09. The molecule has 140 valence electrons. The van der Waals surface area contributed by atoms with E-state index >= 15 is 0 Å². The molecule has 2 rings (SSSR count). The molecule has 0 atom stereocenters. The first kappa shape index (κ1) is 20.1. The molecule has 0 heterocycles. The van der Waals surface area contributed by atoms with Gasteiger partial charge in [-0.05, 0) is 41.3 Å². The van der Waals surface area contributed by atoms with Crippen LogP contribution in [0, 0.1) is 5.82 Å². The monoisotopic (exact) mass is 378 g/mol. The Morgan fingerprint density at radius 1 is 1.12 bits per heavy atom. The van der Waals surface area contributed by atoms with Crippen molar-refractivity contribution in [2.24, 2.45) is 0 Å². The summed E-state index contributed by atoms with van der Waals surface area (Å²) >= 11 is 0. The Kier molecular flexibility index (Phi) is 5.83. The number of hydrogen-bond acceptors (Lipinski definition) is 3. The highest BCUT2D eigenvalue weighted by molar-refractivity contribution is 7.89. The van der Waals surface area contributed by atoms with Crippen LogP contribution in [0.2, 0.25) is 0 Å². The fourth-order valence-electron chi connectivity index (χ4n) is 2.36. The van der Waals surface area contributed by atoms with Crippen molar-refractivity contribution in [1.29, 1.82) is 0 Å². The number of amides is 1. The summed E-state index contributed by atoms with van der Waals surface area (Å²) in [7, 11) is -2.47. The van der Waals surface area contributed by atoms with Gasteiger partial charge in [-0.1, -0.05) is 39.0 Å². The molecule has 7 heteroatoms. The van der Waals surface area contributed by atoms with E-state index in [1.54, 1.807) is 12.1 Å². The SMILES string of the molecule is CN(CC(=O)Nc1cccc(F)c1)S(=O)(=O)c1ccc(C(C)(C)C)cc1. The summed E-state index contributed by atoms with van der Waals surface area (Å²) in [4.78, 5) is 12.2. The molecular formula is C19H23FN2O3S. The van der Waals surface area contributed by atoms with E-state index in [0.717, 1.165) is 15.9 Å². The molecule has 0 aliphatic heterocycles. The first-order valence-electron chi connectivity index (χ1n) is 8.12. The largest absolute Gasteiger partial charge is 0.325 e. The summed E-state index contributed by atoms with van der Waals surface area (Å²) in [5.41, 5.74) is 1.21. The molecule has 0 bridgehead atoms. The average molecular weight is 378 g/mol. The van der Waals surface area contributed by atoms with Crippen LogP contribution >= 0.6 is 0 Å². The second-order valence-electron chi connectivity index (χ2n) is 7.09. The van der Waals surface area contributed by atoms with Gasteiger partial charge in [0.25, 0.3) is 0 Å². The van der Waals surface area contributed by atoms with E-state index in [9.17, 15) is 17.6 Å². The molecule has 0 radical (unpaired) electrons. The minimum Gasteiger partial charge on any atom is -0.325 e. The highest BCUT2D eigenvalue weighted by Crippen LogP contribution is 2.24. The average Bonchev–Trinajstić information content (AvgIpc) is 2.54. The van der Waals surface area contributed by atoms with Gasteiger partial charge in [-0.2, -0.15) is 4.31 Å². The second kappa shape index (κ2) is 7.55. The number of likely N-dealkylation sites (N-methyl/N-ethyl adjacent to an activating group) is 1. The van der Waals surface area contributed by atoms with Gasteiger partial charge in [0.2, 0.25) is 15.9 Å². The van der Waals surface area contributed by atoms with Crippen LogP contribution in [-0.2, 0) is 20.2 Å². The number of carbonyl (C=O) groups is 1. The second-order valence-corrected chi connectivity index (χ2v) is 9.14. The normalized spacial score (nSPS) is 12.2. The Labute approximate surface area is 153 Å². The number of benzene rings is 2. The summed E-state index contributed by atoms with van der Waals surface area (Å²) in [5.74, 6) is -1.03. The smallest absolute Gasteiger partial charge is 0.243 e. The number of nitrogens with zero attached hydrogens (tertiary/aromatic N) is 1. The van der Waals surface area contributed by atoms with E-state index in [-0.39, 0.29) is 22.5 Å². The number of halogens is 1. The quantitative estimate of drug-likeness (QED) is 0.867.